The number of aromatic nitrogens is 2. The Morgan fingerprint density at radius 2 is 2.14 bits per heavy atom. The lowest BCUT2D eigenvalue weighted by Gasteiger charge is -2.35. The summed E-state index contributed by atoms with van der Waals surface area (Å²) in [7, 11) is 0. The van der Waals surface area contributed by atoms with Crippen LogP contribution in [0.15, 0.2) is 17.4 Å². The van der Waals surface area contributed by atoms with E-state index in [9.17, 15) is 10.1 Å². The highest BCUT2D eigenvalue weighted by molar-refractivity contribution is 8.14. The molecule has 0 N–H and O–H groups in total. The van der Waals surface area contributed by atoms with Gasteiger partial charge in [-0.1, -0.05) is 18.7 Å². The van der Waals surface area contributed by atoms with Gasteiger partial charge in [-0.2, -0.15) is 5.10 Å². The summed E-state index contributed by atoms with van der Waals surface area (Å²) < 4.78 is 1.64. The molecule has 3 rings (SSSR count). The Labute approximate surface area is 133 Å². The van der Waals surface area contributed by atoms with Crippen molar-refractivity contribution in [3.8, 4) is 0 Å². The predicted octanol–water partition coefficient (Wildman–Crippen LogP) is 0.900. The van der Waals surface area contributed by atoms with Crippen molar-refractivity contribution >= 4 is 22.6 Å². The summed E-state index contributed by atoms with van der Waals surface area (Å²) in [4.78, 5) is 19.5. The summed E-state index contributed by atoms with van der Waals surface area (Å²) in [6.07, 6.45) is 2.79. The zero-order valence-electron chi connectivity index (χ0n) is 12.6. The van der Waals surface area contributed by atoms with Crippen LogP contribution in [0.3, 0.4) is 0 Å². The minimum absolute atomic E-state index is 0.0511. The largest absolute Gasteiger partial charge is 0.349 e. The zero-order valence-corrected chi connectivity index (χ0v) is 13.4. The number of rotatable bonds is 4. The highest BCUT2D eigenvalue weighted by atomic mass is 32.2. The lowest BCUT2D eigenvalue weighted by Crippen LogP contribution is -2.48. The van der Waals surface area contributed by atoms with Crippen LogP contribution in [-0.4, -0.2) is 74.2 Å². The van der Waals surface area contributed by atoms with Crippen LogP contribution in [0.2, 0.25) is 0 Å². The van der Waals surface area contributed by atoms with Gasteiger partial charge < -0.3 is 4.90 Å². The van der Waals surface area contributed by atoms with Crippen LogP contribution >= 0.6 is 11.8 Å². The molecule has 2 aliphatic rings. The van der Waals surface area contributed by atoms with Gasteiger partial charge in [0.05, 0.1) is 18.0 Å². The van der Waals surface area contributed by atoms with Crippen molar-refractivity contribution in [2.24, 2.45) is 4.99 Å². The second-order valence-electron chi connectivity index (χ2n) is 5.60. The van der Waals surface area contributed by atoms with Crippen LogP contribution in [0.4, 0.5) is 5.69 Å². The average molecular weight is 324 g/mol. The molecule has 0 radical (unpaired) electrons. The van der Waals surface area contributed by atoms with E-state index >= 15 is 0 Å². The van der Waals surface area contributed by atoms with Crippen LogP contribution in [0, 0.1) is 10.1 Å². The molecule has 3 heterocycles. The molecule has 0 saturated carbocycles. The molecule has 0 aromatic carbocycles. The molecule has 1 aromatic rings. The molecule has 1 saturated heterocycles. The van der Waals surface area contributed by atoms with Crippen molar-refractivity contribution in [2.75, 3.05) is 39.3 Å². The van der Waals surface area contributed by atoms with E-state index in [1.54, 1.807) is 4.68 Å². The molecular weight excluding hydrogens is 304 g/mol. The molecule has 0 bridgehead atoms. The number of amidine groups is 1. The summed E-state index contributed by atoms with van der Waals surface area (Å²) in [5, 5.41) is 16.4. The maximum Gasteiger partial charge on any atom is 0.306 e. The van der Waals surface area contributed by atoms with E-state index < -0.39 is 4.92 Å². The molecule has 120 valence electrons. The van der Waals surface area contributed by atoms with Gasteiger partial charge in [-0.3, -0.25) is 24.7 Å². The van der Waals surface area contributed by atoms with Gasteiger partial charge in [0.2, 0.25) is 0 Å². The maximum absolute atomic E-state index is 10.6. The number of piperazine rings is 1. The Balaban J connectivity index is 1.43. The quantitative estimate of drug-likeness (QED) is 0.605. The number of hydrogen-bond donors (Lipinski definition) is 0. The molecule has 1 aromatic heterocycles. The van der Waals surface area contributed by atoms with Gasteiger partial charge in [0.25, 0.3) is 0 Å². The Morgan fingerprint density at radius 1 is 1.36 bits per heavy atom. The van der Waals surface area contributed by atoms with Gasteiger partial charge in [-0.05, 0) is 0 Å². The van der Waals surface area contributed by atoms with Crippen LogP contribution in [-0.2, 0) is 6.54 Å². The fourth-order valence-electron chi connectivity index (χ4n) is 2.61. The summed E-state index contributed by atoms with van der Waals surface area (Å²) in [6, 6.07) is 0. The number of hydrogen-bond acceptors (Lipinski definition) is 7. The van der Waals surface area contributed by atoms with Crippen molar-refractivity contribution in [3.05, 3.63) is 22.5 Å². The molecule has 8 nitrogen and oxygen atoms in total. The first-order valence-corrected chi connectivity index (χ1v) is 8.35. The molecule has 22 heavy (non-hydrogen) atoms. The van der Waals surface area contributed by atoms with Crippen LogP contribution in [0.25, 0.3) is 0 Å². The molecule has 9 heteroatoms. The SMILES string of the molecule is C[C@@H]1CN=C(N2CCN(CCn3cc([N+](=O)[O-])cn3)CC2)S1. The number of nitrogens with zero attached hydrogens (tertiary/aromatic N) is 6. The van der Waals surface area contributed by atoms with Crippen molar-refractivity contribution in [1.29, 1.82) is 0 Å². The summed E-state index contributed by atoms with van der Waals surface area (Å²) >= 11 is 1.87. The average Bonchev–Trinajstić information content (AvgIpc) is 3.15. The molecule has 0 aliphatic carbocycles. The van der Waals surface area contributed by atoms with Crippen LogP contribution in [0.5, 0.6) is 0 Å². The first-order valence-electron chi connectivity index (χ1n) is 7.47. The third-order valence-corrected chi connectivity index (χ3v) is 5.06. The van der Waals surface area contributed by atoms with Gasteiger partial charge in [-0.25, -0.2) is 0 Å². The molecule has 2 aliphatic heterocycles. The van der Waals surface area contributed by atoms with E-state index in [0.717, 1.165) is 39.3 Å². The third kappa shape index (κ3) is 3.58. The van der Waals surface area contributed by atoms with Gasteiger partial charge in [0.1, 0.15) is 12.4 Å². The number of thioether (sulfide) groups is 1. The van der Waals surface area contributed by atoms with E-state index in [0.29, 0.717) is 11.8 Å². The molecule has 1 atom stereocenters. The summed E-state index contributed by atoms with van der Waals surface area (Å²) in [5.41, 5.74) is 0.0511. The Hall–Kier alpha value is -1.61. The van der Waals surface area contributed by atoms with E-state index in [-0.39, 0.29) is 5.69 Å². The standard InChI is InChI=1S/C13H20N6O2S/c1-11-8-14-13(22-11)17-5-2-16(3-6-17)4-7-18-10-12(9-15-18)19(20)21/h9-11H,2-8H2,1H3/t11-/m1/s1. The molecule has 0 spiro atoms. The van der Waals surface area contributed by atoms with Crippen LogP contribution in [0.1, 0.15) is 6.92 Å². The normalized spacial score (nSPS) is 22.9. The summed E-state index contributed by atoms with van der Waals surface area (Å²) in [6.45, 7) is 8.67. The van der Waals surface area contributed by atoms with E-state index in [2.05, 4.69) is 26.8 Å². The first-order chi connectivity index (χ1) is 10.6. The molecule has 0 unspecified atom stereocenters. The van der Waals surface area contributed by atoms with Crippen LogP contribution < -0.4 is 0 Å². The van der Waals surface area contributed by atoms with Crippen molar-refractivity contribution in [2.45, 2.75) is 18.7 Å². The second kappa shape index (κ2) is 6.66. The predicted molar refractivity (Wildman–Crippen MR) is 86.2 cm³/mol. The number of aliphatic imine (C=N–C) groups is 1. The van der Waals surface area contributed by atoms with E-state index in [4.69, 9.17) is 0 Å². The fraction of sp³-hybridized carbons (Fsp3) is 0.692. The highest BCUT2D eigenvalue weighted by Gasteiger charge is 2.24. The second-order valence-corrected chi connectivity index (χ2v) is 7.00. The lowest BCUT2D eigenvalue weighted by molar-refractivity contribution is -0.385. The molecular formula is C13H20N6O2S. The zero-order chi connectivity index (χ0) is 15.5. The minimum atomic E-state index is -0.413. The van der Waals surface area contributed by atoms with Crippen molar-refractivity contribution < 1.29 is 4.92 Å². The van der Waals surface area contributed by atoms with Gasteiger partial charge in [-0.15, -0.1) is 0 Å². The molecule has 0 amide bonds. The number of nitro groups is 1. The lowest BCUT2D eigenvalue weighted by atomic mass is 10.3. The maximum atomic E-state index is 10.6. The Morgan fingerprint density at radius 3 is 2.73 bits per heavy atom. The molecule has 1 fully saturated rings. The van der Waals surface area contributed by atoms with Crippen molar-refractivity contribution in [3.63, 3.8) is 0 Å². The monoisotopic (exact) mass is 324 g/mol. The van der Waals surface area contributed by atoms with Gasteiger partial charge in [0.15, 0.2) is 5.17 Å². The minimum Gasteiger partial charge on any atom is -0.349 e. The fourth-order valence-corrected chi connectivity index (χ4v) is 3.60. The van der Waals surface area contributed by atoms with Gasteiger partial charge >= 0.3 is 5.69 Å². The van der Waals surface area contributed by atoms with E-state index in [1.807, 2.05) is 11.8 Å². The van der Waals surface area contributed by atoms with Gasteiger partial charge in [0, 0.05) is 38.0 Å². The highest BCUT2D eigenvalue weighted by Crippen LogP contribution is 2.23. The Bertz CT molecular complexity index is 567. The third-order valence-electron chi connectivity index (χ3n) is 3.91. The summed E-state index contributed by atoms with van der Waals surface area (Å²) in [5.74, 6) is 0. The topological polar surface area (TPSA) is 79.8 Å². The van der Waals surface area contributed by atoms with Crippen molar-refractivity contribution in [1.82, 2.24) is 19.6 Å². The Kier molecular flexibility index (Phi) is 4.63. The smallest absolute Gasteiger partial charge is 0.306 e. The first kappa shape index (κ1) is 15.3. The van der Waals surface area contributed by atoms with E-state index in [1.165, 1.54) is 17.6 Å².